The van der Waals surface area contributed by atoms with Crippen LogP contribution in [0.15, 0.2) is 66.9 Å². The summed E-state index contributed by atoms with van der Waals surface area (Å²) in [5.74, 6) is 0.173. The van der Waals surface area contributed by atoms with Gasteiger partial charge in [0, 0.05) is 5.56 Å². The van der Waals surface area contributed by atoms with Gasteiger partial charge in [-0.1, -0.05) is 54.6 Å². The highest BCUT2D eigenvalue weighted by atomic mass is 16.1. The Labute approximate surface area is 119 Å². The number of hydrogen-bond acceptors (Lipinski definition) is 2. The molecular weight excluding hydrogens is 246 g/mol. The highest BCUT2D eigenvalue weighted by molar-refractivity contribution is 6.01. The minimum absolute atomic E-state index is 0.0916. The number of allylic oxidation sites excluding steroid dienone is 1. The van der Waals surface area contributed by atoms with Gasteiger partial charge in [-0.15, -0.1) is 0 Å². The molecular formula is C18H17NO. The van der Waals surface area contributed by atoms with Gasteiger partial charge in [-0.2, -0.15) is 0 Å². The van der Waals surface area contributed by atoms with Crippen LogP contribution in [0.5, 0.6) is 0 Å². The fourth-order valence-corrected chi connectivity index (χ4v) is 2.50. The van der Waals surface area contributed by atoms with Gasteiger partial charge in [-0.3, -0.25) is 4.79 Å². The summed E-state index contributed by atoms with van der Waals surface area (Å²) in [7, 11) is 0. The monoisotopic (exact) mass is 263 g/mol. The van der Waals surface area contributed by atoms with Gasteiger partial charge in [0.15, 0.2) is 5.78 Å². The first-order valence-corrected chi connectivity index (χ1v) is 6.95. The van der Waals surface area contributed by atoms with Gasteiger partial charge in [0.2, 0.25) is 0 Å². The third-order valence-electron chi connectivity index (χ3n) is 3.61. The van der Waals surface area contributed by atoms with Crippen LogP contribution in [-0.4, -0.2) is 11.8 Å². The second-order valence-electron chi connectivity index (χ2n) is 5.01. The van der Waals surface area contributed by atoms with E-state index in [1.807, 2.05) is 48.7 Å². The predicted octanol–water partition coefficient (Wildman–Crippen LogP) is 3.80. The van der Waals surface area contributed by atoms with Crippen molar-refractivity contribution in [1.82, 2.24) is 5.32 Å². The molecule has 20 heavy (non-hydrogen) atoms. The molecule has 0 aliphatic carbocycles. The van der Waals surface area contributed by atoms with Crippen molar-refractivity contribution in [3.8, 4) is 11.1 Å². The van der Waals surface area contributed by atoms with Crippen molar-refractivity contribution in [3.63, 3.8) is 0 Å². The summed E-state index contributed by atoms with van der Waals surface area (Å²) in [6.45, 7) is 0. The van der Waals surface area contributed by atoms with E-state index in [-0.39, 0.29) is 11.8 Å². The predicted molar refractivity (Wildman–Crippen MR) is 81.5 cm³/mol. The van der Waals surface area contributed by atoms with Crippen LogP contribution in [0.3, 0.4) is 0 Å². The molecule has 2 heteroatoms. The summed E-state index contributed by atoms with van der Waals surface area (Å²) in [5, 5.41) is 3.15. The lowest BCUT2D eigenvalue weighted by Gasteiger charge is -2.19. The van der Waals surface area contributed by atoms with Gasteiger partial charge in [-0.05, 0) is 36.2 Å². The summed E-state index contributed by atoms with van der Waals surface area (Å²) in [5.41, 5.74) is 3.00. The molecule has 1 aliphatic heterocycles. The first kappa shape index (κ1) is 12.7. The minimum atomic E-state index is -0.0916. The van der Waals surface area contributed by atoms with Crippen molar-refractivity contribution >= 4 is 5.78 Å². The van der Waals surface area contributed by atoms with Crippen LogP contribution in [0.1, 0.15) is 23.2 Å². The normalized spacial score (nSPS) is 17.5. The van der Waals surface area contributed by atoms with E-state index in [1.54, 1.807) is 0 Å². The Bertz CT molecular complexity index is 631. The largest absolute Gasteiger partial charge is 0.381 e. The molecule has 0 spiro atoms. The molecule has 1 unspecified atom stereocenters. The Hall–Kier alpha value is -2.35. The average Bonchev–Trinajstić information content (AvgIpc) is 2.56. The zero-order valence-corrected chi connectivity index (χ0v) is 11.3. The number of benzene rings is 2. The smallest absolute Gasteiger partial charge is 0.185 e. The molecule has 0 radical (unpaired) electrons. The Morgan fingerprint density at radius 1 is 1.00 bits per heavy atom. The van der Waals surface area contributed by atoms with E-state index in [2.05, 4.69) is 23.5 Å². The minimum Gasteiger partial charge on any atom is -0.381 e. The first-order valence-electron chi connectivity index (χ1n) is 6.95. The Kier molecular flexibility index (Phi) is 3.64. The second-order valence-corrected chi connectivity index (χ2v) is 5.01. The number of hydrogen-bond donors (Lipinski definition) is 1. The van der Waals surface area contributed by atoms with Crippen molar-refractivity contribution < 1.29 is 4.79 Å². The summed E-state index contributed by atoms with van der Waals surface area (Å²) >= 11 is 0. The van der Waals surface area contributed by atoms with Crippen LogP contribution >= 0.6 is 0 Å². The number of ketones is 1. The molecule has 2 nitrogen and oxygen atoms in total. The summed E-state index contributed by atoms with van der Waals surface area (Å²) in [6.07, 6.45) is 5.77. The van der Waals surface area contributed by atoms with Gasteiger partial charge >= 0.3 is 0 Å². The summed E-state index contributed by atoms with van der Waals surface area (Å²) in [4.78, 5) is 12.5. The van der Waals surface area contributed by atoms with Crippen molar-refractivity contribution in [2.24, 2.45) is 0 Å². The van der Waals surface area contributed by atoms with E-state index >= 15 is 0 Å². The average molecular weight is 263 g/mol. The molecule has 0 saturated carbocycles. The molecule has 0 aromatic heterocycles. The lowest BCUT2D eigenvalue weighted by molar-refractivity contribution is 0.0943. The molecule has 2 aromatic carbocycles. The van der Waals surface area contributed by atoms with Crippen molar-refractivity contribution in [2.75, 3.05) is 0 Å². The topological polar surface area (TPSA) is 29.1 Å². The number of Topliss-reactive ketones (excluding diaryl/α,β-unsaturated/α-hetero) is 1. The maximum Gasteiger partial charge on any atom is 0.185 e. The molecule has 1 N–H and O–H groups in total. The van der Waals surface area contributed by atoms with Crippen LogP contribution in [0.4, 0.5) is 0 Å². The maximum atomic E-state index is 12.5. The fourth-order valence-electron chi connectivity index (χ4n) is 2.50. The molecule has 100 valence electrons. The fraction of sp³-hybridized carbons (Fsp3) is 0.167. The van der Waals surface area contributed by atoms with Crippen LogP contribution in [0, 0.1) is 0 Å². The Balaban J connectivity index is 1.88. The molecule has 0 saturated heterocycles. The van der Waals surface area contributed by atoms with E-state index in [9.17, 15) is 4.79 Å². The van der Waals surface area contributed by atoms with Gasteiger partial charge in [0.1, 0.15) is 0 Å². The van der Waals surface area contributed by atoms with E-state index in [4.69, 9.17) is 0 Å². The number of rotatable bonds is 3. The van der Waals surface area contributed by atoms with Gasteiger partial charge in [0.05, 0.1) is 6.04 Å². The molecule has 0 amide bonds. The second kappa shape index (κ2) is 5.74. The molecule has 3 rings (SSSR count). The van der Waals surface area contributed by atoms with E-state index in [0.717, 1.165) is 29.5 Å². The molecule has 1 atom stereocenters. The van der Waals surface area contributed by atoms with Crippen LogP contribution in [0.2, 0.25) is 0 Å². The zero-order chi connectivity index (χ0) is 13.8. The third kappa shape index (κ3) is 2.64. The molecule has 1 aliphatic rings. The first-order chi connectivity index (χ1) is 9.84. The summed E-state index contributed by atoms with van der Waals surface area (Å²) < 4.78 is 0. The zero-order valence-electron chi connectivity index (χ0n) is 11.3. The third-order valence-corrected chi connectivity index (χ3v) is 3.61. The Morgan fingerprint density at radius 3 is 2.55 bits per heavy atom. The number of nitrogens with one attached hydrogen (secondary N) is 1. The quantitative estimate of drug-likeness (QED) is 0.853. The van der Waals surface area contributed by atoms with Crippen molar-refractivity contribution in [3.05, 3.63) is 72.4 Å². The Morgan fingerprint density at radius 2 is 1.80 bits per heavy atom. The van der Waals surface area contributed by atoms with Gasteiger partial charge in [-0.25, -0.2) is 0 Å². The number of carbonyl (C=O) groups excluding carboxylic acids is 1. The molecule has 0 fully saturated rings. The standard InChI is InChI=1S/C18H17NO/c20-18(17-11-4-5-12-19-17)16-10-6-9-15(13-16)14-7-2-1-3-8-14/h1-3,5-10,12-13,17,19H,4,11H2. The lowest BCUT2D eigenvalue weighted by atomic mass is 9.95. The highest BCUT2D eigenvalue weighted by Crippen LogP contribution is 2.21. The van der Waals surface area contributed by atoms with E-state index in [0.29, 0.717) is 0 Å². The van der Waals surface area contributed by atoms with Crippen LogP contribution in [0.25, 0.3) is 11.1 Å². The van der Waals surface area contributed by atoms with Crippen molar-refractivity contribution in [1.29, 1.82) is 0 Å². The number of carbonyl (C=O) groups is 1. The van der Waals surface area contributed by atoms with E-state index in [1.165, 1.54) is 0 Å². The highest BCUT2D eigenvalue weighted by Gasteiger charge is 2.19. The molecule has 2 aromatic rings. The SMILES string of the molecule is O=C(c1cccc(-c2ccccc2)c1)C1CCC=CN1. The lowest BCUT2D eigenvalue weighted by Crippen LogP contribution is -2.35. The van der Waals surface area contributed by atoms with E-state index < -0.39 is 0 Å². The van der Waals surface area contributed by atoms with Gasteiger partial charge < -0.3 is 5.32 Å². The summed E-state index contributed by atoms with van der Waals surface area (Å²) in [6, 6.07) is 17.9. The van der Waals surface area contributed by atoms with Crippen LogP contribution < -0.4 is 5.32 Å². The van der Waals surface area contributed by atoms with Gasteiger partial charge in [0.25, 0.3) is 0 Å². The van der Waals surface area contributed by atoms with Crippen LogP contribution in [-0.2, 0) is 0 Å². The molecule has 0 bridgehead atoms. The maximum absolute atomic E-state index is 12.5. The molecule has 1 heterocycles. The van der Waals surface area contributed by atoms with Crippen molar-refractivity contribution in [2.45, 2.75) is 18.9 Å².